The maximum absolute atomic E-state index is 13.4. The van der Waals surface area contributed by atoms with Crippen LogP contribution < -0.4 is 5.32 Å². The highest BCUT2D eigenvalue weighted by atomic mass is 19.1. The number of nitrogens with zero attached hydrogens (tertiary/aromatic N) is 4. The van der Waals surface area contributed by atoms with Gasteiger partial charge < -0.3 is 10.4 Å². The Balaban J connectivity index is 1.87. The quantitative estimate of drug-likeness (QED) is 0.726. The molecule has 0 amide bonds. The van der Waals surface area contributed by atoms with E-state index in [0.717, 1.165) is 47.0 Å². The molecule has 0 saturated heterocycles. The molecule has 4 rings (SSSR count). The second-order valence-corrected chi connectivity index (χ2v) is 6.58. The first-order valence-corrected chi connectivity index (χ1v) is 9.02. The maximum Gasteiger partial charge on any atom is 0.126 e. The fraction of sp³-hybridized carbons (Fsp3) is 0.300. The van der Waals surface area contributed by atoms with Crippen LogP contribution in [0.2, 0.25) is 0 Å². The minimum atomic E-state index is -0.264. The van der Waals surface area contributed by atoms with Crippen LogP contribution in [-0.2, 0) is 13.1 Å². The number of aliphatic hydroxyl groups excluding tert-OH is 1. The SMILES string of the molecule is CNc1cc(-c2c(-c3ccc(F)cc3)nn3c2CN(CCO)CC3)ccn1. The highest BCUT2D eigenvalue weighted by molar-refractivity contribution is 5.83. The Morgan fingerprint density at radius 2 is 1.96 bits per heavy atom. The molecule has 1 aliphatic rings. The van der Waals surface area contributed by atoms with Gasteiger partial charge in [0.15, 0.2) is 0 Å². The van der Waals surface area contributed by atoms with Gasteiger partial charge in [-0.15, -0.1) is 0 Å². The molecule has 0 unspecified atom stereocenters. The molecule has 7 heteroatoms. The molecule has 2 N–H and O–H groups in total. The van der Waals surface area contributed by atoms with E-state index in [0.29, 0.717) is 13.1 Å². The van der Waals surface area contributed by atoms with E-state index in [2.05, 4.69) is 15.2 Å². The standard InChI is InChI=1S/C20H22FN5O/c1-22-18-12-15(6-7-23-18)19-17-13-25(10-11-27)8-9-26(17)24-20(19)14-2-4-16(21)5-3-14/h2-7,12,27H,8-11,13H2,1H3,(H,22,23). The minimum absolute atomic E-state index is 0.132. The van der Waals surface area contributed by atoms with Crippen molar-refractivity contribution in [1.29, 1.82) is 0 Å². The van der Waals surface area contributed by atoms with Gasteiger partial charge in [-0.25, -0.2) is 9.37 Å². The lowest BCUT2D eigenvalue weighted by Gasteiger charge is -2.27. The number of halogens is 1. The monoisotopic (exact) mass is 367 g/mol. The molecule has 0 radical (unpaired) electrons. The lowest BCUT2D eigenvalue weighted by atomic mass is 9.98. The van der Waals surface area contributed by atoms with Gasteiger partial charge in [0.1, 0.15) is 17.3 Å². The number of β-amino-alcohol motifs (C(OH)–C–C–N with tert-alkyl or cyclic N) is 1. The van der Waals surface area contributed by atoms with E-state index >= 15 is 0 Å². The van der Waals surface area contributed by atoms with Crippen LogP contribution in [0.15, 0.2) is 42.6 Å². The van der Waals surface area contributed by atoms with E-state index in [1.165, 1.54) is 12.1 Å². The molecule has 0 atom stereocenters. The lowest BCUT2D eigenvalue weighted by Crippen LogP contribution is -2.35. The number of hydrogen-bond acceptors (Lipinski definition) is 5. The van der Waals surface area contributed by atoms with Crippen LogP contribution in [0, 0.1) is 5.82 Å². The summed E-state index contributed by atoms with van der Waals surface area (Å²) in [5, 5.41) is 17.2. The lowest BCUT2D eigenvalue weighted by molar-refractivity contribution is 0.164. The second kappa shape index (κ2) is 7.46. The van der Waals surface area contributed by atoms with Gasteiger partial charge in [-0.2, -0.15) is 5.10 Å². The van der Waals surface area contributed by atoms with Crippen LogP contribution in [-0.4, -0.2) is 51.5 Å². The second-order valence-electron chi connectivity index (χ2n) is 6.58. The maximum atomic E-state index is 13.4. The summed E-state index contributed by atoms with van der Waals surface area (Å²) in [6.45, 7) is 3.08. The molecular formula is C20H22FN5O. The zero-order valence-electron chi connectivity index (χ0n) is 15.2. The van der Waals surface area contributed by atoms with Gasteiger partial charge >= 0.3 is 0 Å². The molecule has 2 aromatic heterocycles. The van der Waals surface area contributed by atoms with Crippen molar-refractivity contribution in [2.45, 2.75) is 13.1 Å². The topological polar surface area (TPSA) is 66.2 Å². The van der Waals surface area contributed by atoms with Crippen LogP contribution in [0.4, 0.5) is 10.2 Å². The molecular weight excluding hydrogens is 345 g/mol. The van der Waals surface area contributed by atoms with Gasteiger partial charge in [0, 0.05) is 44.0 Å². The first-order chi connectivity index (χ1) is 13.2. The Kier molecular flexibility index (Phi) is 4.87. The van der Waals surface area contributed by atoms with Crippen molar-refractivity contribution in [1.82, 2.24) is 19.7 Å². The highest BCUT2D eigenvalue weighted by Crippen LogP contribution is 2.37. The van der Waals surface area contributed by atoms with E-state index in [1.807, 2.05) is 23.9 Å². The summed E-state index contributed by atoms with van der Waals surface area (Å²) in [6, 6.07) is 10.4. The van der Waals surface area contributed by atoms with Gasteiger partial charge in [-0.05, 0) is 42.0 Å². The molecule has 1 aromatic carbocycles. The fourth-order valence-corrected chi connectivity index (χ4v) is 3.54. The Morgan fingerprint density at radius 1 is 1.15 bits per heavy atom. The summed E-state index contributed by atoms with van der Waals surface area (Å²) in [4.78, 5) is 6.52. The van der Waals surface area contributed by atoms with Crippen LogP contribution >= 0.6 is 0 Å². The Bertz CT molecular complexity index is 938. The number of nitrogens with one attached hydrogen (secondary N) is 1. The zero-order valence-corrected chi connectivity index (χ0v) is 15.2. The van der Waals surface area contributed by atoms with Crippen molar-refractivity contribution >= 4 is 5.82 Å². The Morgan fingerprint density at radius 3 is 2.70 bits per heavy atom. The molecule has 0 spiro atoms. The smallest absolute Gasteiger partial charge is 0.126 e. The van der Waals surface area contributed by atoms with Gasteiger partial charge in [-0.3, -0.25) is 9.58 Å². The molecule has 0 aliphatic carbocycles. The molecule has 0 bridgehead atoms. The fourth-order valence-electron chi connectivity index (χ4n) is 3.54. The number of anilines is 1. The van der Waals surface area contributed by atoms with Gasteiger partial charge in [0.05, 0.1) is 18.8 Å². The van der Waals surface area contributed by atoms with Crippen molar-refractivity contribution in [3.8, 4) is 22.4 Å². The summed E-state index contributed by atoms with van der Waals surface area (Å²) in [6.07, 6.45) is 1.77. The first kappa shape index (κ1) is 17.6. The van der Waals surface area contributed by atoms with Gasteiger partial charge in [-0.1, -0.05) is 0 Å². The van der Waals surface area contributed by atoms with E-state index in [1.54, 1.807) is 18.3 Å². The third kappa shape index (κ3) is 3.43. The summed E-state index contributed by atoms with van der Waals surface area (Å²) in [5.41, 5.74) is 4.86. The van der Waals surface area contributed by atoms with Crippen LogP contribution in [0.25, 0.3) is 22.4 Å². The van der Waals surface area contributed by atoms with Crippen LogP contribution in [0.1, 0.15) is 5.69 Å². The Hall–Kier alpha value is -2.77. The third-order valence-electron chi connectivity index (χ3n) is 4.90. The van der Waals surface area contributed by atoms with Crippen molar-refractivity contribution in [3.63, 3.8) is 0 Å². The van der Waals surface area contributed by atoms with Crippen molar-refractivity contribution < 1.29 is 9.50 Å². The van der Waals surface area contributed by atoms with Crippen LogP contribution in [0.3, 0.4) is 0 Å². The number of hydrogen-bond donors (Lipinski definition) is 2. The van der Waals surface area contributed by atoms with E-state index in [4.69, 9.17) is 5.10 Å². The molecule has 3 heterocycles. The van der Waals surface area contributed by atoms with Gasteiger partial charge in [0.2, 0.25) is 0 Å². The predicted molar refractivity (Wildman–Crippen MR) is 103 cm³/mol. The molecule has 0 fully saturated rings. The number of pyridine rings is 1. The number of aliphatic hydroxyl groups is 1. The summed E-state index contributed by atoms with van der Waals surface area (Å²) in [7, 11) is 1.84. The normalized spacial score (nSPS) is 14.2. The summed E-state index contributed by atoms with van der Waals surface area (Å²) < 4.78 is 15.4. The van der Waals surface area contributed by atoms with E-state index < -0.39 is 0 Å². The number of benzene rings is 1. The molecule has 1 aliphatic heterocycles. The molecule has 3 aromatic rings. The molecule has 140 valence electrons. The predicted octanol–water partition coefficient (Wildman–Crippen LogP) is 2.60. The first-order valence-electron chi connectivity index (χ1n) is 9.02. The third-order valence-corrected chi connectivity index (χ3v) is 4.90. The molecule has 6 nitrogen and oxygen atoms in total. The minimum Gasteiger partial charge on any atom is -0.395 e. The summed E-state index contributed by atoms with van der Waals surface area (Å²) >= 11 is 0. The van der Waals surface area contributed by atoms with E-state index in [9.17, 15) is 9.50 Å². The van der Waals surface area contributed by atoms with E-state index in [-0.39, 0.29) is 12.4 Å². The van der Waals surface area contributed by atoms with Crippen LogP contribution in [0.5, 0.6) is 0 Å². The summed E-state index contributed by atoms with van der Waals surface area (Å²) in [5.74, 6) is 0.514. The number of aromatic nitrogens is 3. The number of fused-ring (bicyclic) bond motifs is 1. The van der Waals surface area contributed by atoms with Crippen molar-refractivity contribution in [3.05, 3.63) is 54.1 Å². The zero-order chi connectivity index (χ0) is 18.8. The van der Waals surface area contributed by atoms with Crippen molar-refractivity contribution in [2.24, 2.45) is 0 Å². The average Bonchev–Trinajstić information content (AvgIpc) is 3.07. The largest absolute Gasteiger partial charge is 0.395 e. The van der Waals surface area contributed by atoms with Crippen molar-refractivity contribution in [2.75, 3.05) is 32.1 Å². The average molecular weight is 367 g/mol. The van der Waals surface area contributed by atoms with Gasteiger partial charge in [0.25, 0.3) is 0 Å². The number of rotatable bonds is 5. The Labute approximate surface area is 157 Å². The highest BCUT2D eigenvalue weighted by Gasteiger charge is 2.25. The molecule has 0 saturated carbocycles. The molecule has 27 heavy (non-hydrogen) atoms.